The number of unbranched alkanes of at least 4 members (excludes halogenated alkanes) is 1. The molecule has 0 unspecified atom stereocenters. The van der Waals surface area contributed by atoms with Crippen LogP contribution in [-0.2, 0) is 4.74 Å². The summed E-state index contributed by atoms with van der Waals surface area (Å²) < 4.78 is 5.55. The number of rotatable bonds is 7. The van der Waals surface area contributed by atoms with E-state index in [1.54, 1.807) is 0 Å². The molecule has 3 heteroatoms. The summed E-state index contributed by atoms with van der Waals surface area (Å²) in [4.78, 5) is 0. The van der Waals surface area contributed by atoms with Crippen LogP contribution in [0.25, 0.3) is 0 Å². The minimum Gasteiger partial charge on any atom is -0.375 e. The lowest BCUT2D eigenvalue weighted by atomic mass is 10.2. The smallest absolute Gasteiger partial charge is 0.0599 e. The molecule has 0 aliphatic heterocycles. The van der Waals surface area contributed by atoms with Gasteiger partial charge in [-0.05, 0) is 40.2 Å². The molecule has 0 aliphatic carbocycles. The normalized spacial score (nSPS) is 12.0. The topological polar surface area (TPSA) is 21.3 Å². The molecule has 0 atom stereocenters. The maximum atomic E-state index is 5.55. The van der Waals surface area contributed by atoms with Crippen molar-refractivity contribution in [2.75, 3.05) is 25.6 Å². The molecule has 13 heavy (non-hydrogen) atoms. The van der Waals surface area contributed by atoms with E-state index >= 15 is 0 Å². The minimum atomic E-state index is -0.0161. The molecular formula is C10H22ClNO. The van der Waals surface area contributed by atoms with Crippen LogP contribution in [0.1, 0.15) is 33.6 Å². The van der Waals surface area contributed by atoms with Crippen LogP contribution >= 0.6 is 11.6 Å². The van der Waals surface area contributed by atoms with Gasteiger partial charge in [0.2, 0.25) is 0 Å². The molecule has 0 spiro atoms. The highest BCUT2D eigenvalue weighted by molar-refractivity contribution is 6.17. The van der Waals surface area contributed by atoms with Gasteiger partial charge in [-0.1, -0.05) is 0 Å². The first kappa shape index (κ1) is 13.2. The Morgan fingerprint density at radius 3 is 2.38 bits per heavy atom. The molecule has 0 rings (SSSR count). The highest BCUT2D eigenvalue weighted by Gasteiger charge is 2.08. The first-order chi connectivity index (χ1) is 6.06. The molecule has 0 aromatic rings. The highest BCUT2D eigenvalue weighted by Crippen LogP contribution is 2.04. The summed E-state index contributed by atoms with van der Waals surface area (Å²) >= 11 is 5.55. The summed E-state index contributed by atoms with van der Waals surface area (Å²) in [7, 11) is 0. The van der Waals surface area contributed by atoms with Gasteiger partial charge in [-0.25, -0.2) is 0 Å². The number of hydrogen-bond donors (Lipinski definition) is 1. The molecule has 0 fully saturated rings. The first-order valence-corrected chi connectivity index (χ1v) is 5.50. The van der Waals surface area contributed by atoms with Crippen LogP contribution in [0.15, 0.2) is 0 Å². The number of alkyl halides is 1. The van der Waals surface area contributed by atoms with E-state index in [-0.39, 0.29) is 5.60 Å². The van der Waals surface area contributed by atoms with E-state index < -0.39 is 0 Å². The van der Waals surface area contributed by atoms with Crippen LogP contribution < -0.4 is 5.32 Å². The van der Waals surface area contributed by atoms with Gasteiger partial charge in [0.15, 0.2) is 0 Å². The molecule has 1 N–H and O–H groups in total. The molecule has 0 bridgehead atoms. The van der Waals surface area contributed by atoms with Crippen LogP contribution in [0.4, 0.5) is 0 Å². The monoisotopic (exact) mass is 207 g/mol. The molecule has 2 nitrogen and oxygen atoms in total. The van der Waals surface area contributed by atoms with Crippen molar-refractivity contribution in [1.29, 1.82) is 0 Å². The lowest BCUT2D eigenvalue weighted by Crippen LogP contribution is -2.27. The number of halogens is 1. The Hall–Kier alpha value is 0.210. The summed E-state index contributed by atoms with van der Waals surface area (Å²) in [5, 5.41) is 3.31. The quantitative estimate of drug-likeness (QED) is 0.512. The Morgan fingerprint density at radius 1 is 1.15 bits per heavy atom. The first-order valence-electron chi connectivity index (χ1n) is 4.97. The fraction of sp³-hybridized carbons (Fsp3) is 1.00. The third kappa shape index (κ3) is 12.2. The van der Waals surface area contributed by atoms with Crippen molar-refractivity contribution in [3.8, 4) is 0 Å². The SMILES string of the molecule is CC(C)(C)OCCNCCCCCl. The average molecular weight is 208 g/mol. The molecule has 0 aromatic carbocycles. The number of hydrogen-bond acceptors (Lipinski definition) is 2. The number of ether oxygens (including phenoxy) is 1. The molecule has 0 aromatic heterocycles. The van der Waals surface area contributed by atoms with Crippen LogP contribution in [0.2, 0.25) is 0 Å². The third-order valence-corrected chi connectivity index (χ3v) is 1.82. The minimum absolute atomic E-state index is 0.0161. The van der Waals surface area contributed by atoms with Crippen molar-refractivity contribution < 1.29 is 4.74 Å². The van der Waals surface area contributed by atoms with Crippen molar-refractivity contribution >= 4 is 11.6 Å². The lowest BCUT2D eigenvalue weighted by molar-refractivity contribution is -0.000749. The summed E-state index contributed by atoms with van der Waals surface area (Å²) in [6, 6.07) is 0. The van der Waals surface area contributed by atoms with Crippen molar-refractivity contribution in [3.05, 3.63) is 0 Å². The van der Waals surface area contributed by atoms with Gasteiger partial charge in [0, 0.05) is 12.4 Å². The van der Waals surface area contributed by atoms with E-state index in [1.165, 1.54) is 0 Å². The van der Waals surface area contributed by atoms with Crippen LogP contribution in [-0.4, -0.2) is 31.2 Å². The fourth-order valence-corrected chi connectivity index (χ4v) is 1.09. The van der Waals surface area contributed by atoms with E-state index in [0.717, 1.165) is 38.4 Å². The van der Waals surface area contributed by atoms with E-state index in [4.69, 9.17) is 16.3 Å². The van der Waals surface area contributed by atoms with Crippen LogP contribution in [0, 0.1) is 0 Å². The molecule has 0 amide bonds. The Kier molecular flexibility index (Phi) is 7.72. The summed E-state index contributed by atoms with van der Waals surface area (Å²) in [6.45, 7) is 8.96. The zero-order valence-electron chi connectivity index (χ0n) is 9.03. The second kappa shape index (κ2) is 7.60. The third-order valence-electron chi connectivity index (χ3n) is 1.55. The van der Waals surface area contributed by atoms with E-state index in [2.05, 4.69) is 26.1 Å². The summed E-state index contributed by atoms with van der Waals surface area (Å²) in [5.74, 6) is 0.764. The van der Waals surface area contributed by atoms with Crippen molar-refractivity contribution in [2.45, 2.75) is 39.2 Å². The molecule has 80 valence electrons. The second-order valence-corrected chi connectivity index (χ2v) is 4.48. The molecule has 0 aliphatic rings. The Morgan fingerprint density at radius 2 is 1.85 bits per heavy atom. The zero-order valence-corrected chi connectivity index (χ0v) is 9.78. The van der Waals surface area contributed by atoms with Gasteiger partial charge >= 0.3 is 0 Å². The van der Waals surface area contributed by atoms with E-state index in [0.29, 0.717) is 0 Å². The molecular weight excluding hydrogens is 186 g/mol. The maximum absolute atomic E-state index is 5.55. The molecule has 0 radical (unpaired) electrons. The van der Waals surface area contributed by atoms with Crippen LogP contribution in [0.5, 0.6) is 0 Å². The van der Waals surface area contributed by atoms with Crippen molar-refractivity contribution in [1.82, 2.24) is 5.32 Å². The largest absolute Gasteiger partial charge is 0.375 e. The number of nitrogens with one attached hydrogen (secondary N) is 1. The van der Waals surface area contributed by atoms with Gasteiger partial charge < -0.3 is 10.1 Å². The second-order valence-electron chi connectivity index (χ2n) is 4.11. The van der Waals surface area contributed by atoms with Gasteiger partial charge in [0.25, 0.3) is 0 Å². The van der Waals surface area contributed by atoms with Gasteiger partial charge in [0.1, 0.15) is 0 Å². The summed E-state index contributed by atoms with van der Waals surface area (Å²) in [5.41, 5.74) is -0.0161. The van der Waals surface area contributed by atoms with E-state index in [9.17, 15) is 0 Å². The standard InChI is InChI=1S/C10H22ClNO/c1-10(2,3)13-9-8-12-7-5-4-6-11/h12H,4-9H2,1-3H3. The van der Waals surface area contributed by atoms with Gasteiger partial charge in [-0.3, -0.25) is 0 Å². The average Bonchev–Trinajstić information content (AvgIpc) is 2.01. The molecule has 0 saturated heterocycles. The Labute approximate surface area is 87.0 Å². The Bertz CT molecular complexity index is 112. The molecule has 0 saturated carbocycles. The van der Waals surface area contributed by atoms with Crippen LogP contribution in [0.3, 0.4) is 0 Å². The lowest BCUT2D eigenvalue weighted by Gasteiger charge is -2.19. The van der Waals surface area contributed by atoms with Gasteiger partial charge in [-0.2, -0.15) is 0 Å². The zero-order chi connectivity index (χ0) is 10.2. The summed E-state index contributed by atoms with van der Waals surface area (Å²) in [6.07, 6.45) is 2.24. The fourth-order valence-electron chi connectivity index (χ4n) is 0.899. The predicted molar refractivity (Wildman–Crippen MR) is 58.5 cm³/mol. The van der Waals surface area contributed by atoms with Gasteiger partial charge in [0.05, 0.1) is 12.2 Å². The van der Waals surface area contributed by atoms with E-state index in [1.807, 2.05) is 0 Å². The van der Waals surface area contributed by atoms with Crippen molar-refractivity contribution in [3.63, 3.8) is 0 Å². The Balaban J connectivity index is 3.00. The maximum Gasteiger partial charge on any atom is 0.0599 e. The predicted octanol–water partition coefficient (Wildman–Crippen LogP) is 2.41. The highest BCUT2D eigenvalue weighted by atomic mass is 35.5. The van der Waals surface area contributed by atoms with Gasteiger partial charge in [-0.15, -0.1) is 11.6 Å². The molecule has 0 heterocycles. The van der Waals surface area contributed by atoms with Crippen molar-refractivity contribution in [2.24, 2.45) is 0 Å².